The van der Waals surface area contributed by atoms with Gasteiger partial charge >= 0.3 is 6.03 Å². The van der Waals surface area contributed by atoms with Crippen LogP contribution in [-0.2, 0) is 0 Å². The van der Waals surface area contributed by atoms with Gasteiger partial charge in [0.05, 0.1) is 6.04 Å². The molecule has 3 aromatic rings. The van der Waals surface area contributed by atoms with Crippen molar-refractivity contribution in [3.8, 4) is 11.5 Å². The van der Waals surface area contributed by atoms with Gasteiger partial charge in [0.15, 0.2) is 11.5 Å². The number of nitrogens with one attached hydrogen (secondary N) is 2. The van der Waals surface area contributed by atoms with Crippen LogP contribution in [0.15, 0.2) is 78.9 Å². The van der Waals surface area contributed by atoms with Crippen LogP contribution in [0.2, 0.25) is 0 Å². The van der Waals surface area contributed by atoms with Crippen molar-refractivity contribution in [2.24, 2.45) is 0 Å². The lowest BCUT2D eigenvalue weighted by molar-refractivity contribution is 0.173. The first kappa shape index (κ1) is 21.2. The molecule has 0 saturated carbocycles. The number of hydrogen-bond donors (Lipinski definition) is 2. The van der Waals surface area contributed by atoms with Crippen LogP contribution in [-0.4, -0.2) is 50.4 Å². The van der Waals surface area contributed by atoms with Crippen molar-refractivity contribution in [2.75, 3.05) is 49.7 Å². The van der Waals surface area contributed by atoms with Crippen LogP contribution < -0.4 is 25.0 Å². The maximum absolute atomic E-state index is 12.6. The van der Waals surface area contributed by atoms with Gasteiger partial charge in [0.2, 0.25) is 6.79 Å². The molecule has 0 aromatic heterocycles. The van der Waals surface area contributed by atoms with E-state index in [1.807, 2.05) is 48.5 Å². The summed E-state index contributed by atoms with van der Waals surface area (Å²) in [6.45, 7) is 4.40. The predicted octanol–water partition coefficient (Wildman–Crippen LogP) is 4.10. The highest BCUT2D eigenvalue weighted by molar-refractivity contribution is 5.89. The molecule has 1 fully saturated rings. The minimum Gasteiger partial charge on any atom is -0.454 e. The number of para-hydroxylation sites is 2. The second-order valence-electron chi connectivity index (χ2n) is 8.19. The van der Waals surface area contributed by atoms with Gasteiger partial charge in [-0.1, -0.05) is 42.5 Å². The lowest BCUT2D eigenvalue weighted by atomic mass is 10.0. The molecule has 170 valence electrons. The summed E-state index contributed by atoms with van der Waals surface area (Å²) in [5, 5.41) is 5.96. The van der Waals surface area contributed by atoms with E-state index in [2.05, 4.69) is 50.8 Å². The largest absolute Gasteiger partial charge is 0.454 e. The lowest BCUT2D eigenvalue weighted by Crippen LogP contribution is -2.50. The topological polar surface area (TPSA) is 66.1 Å². The Morgan fingerprint density at radius 1 is 0.848 bits per heavy atom. The van der Waals surface area contributed by atoms with Gasteiger partial charge in [-0.15, -0.1) is 0 Å². The molecule has 1 saturated heterocycles. The monoisotopic (exact) mass is 444 g/mol. The summed E-state index contributed by atoms with van der Waals surface area (Å²) >= 11 is 0. The van der Waals surface area contributed by atoms with E-state index >= 15 is 0 Å². The van der Waals surface area contributed by atoms with E-state index in [4.69, 9.17) is 9.47 Å². The van der Waals surface area contributed by atoms with E-state index in [0.29, 0.717) is 6.54 Å². The van der Waals surface area contributed by atoms with Crippen LogP contribution in [0.3, 0.4) is 0 Å². The minimum absolute atomic E-state index is 0.0268. The fourth-order valence-corrected chi connectivity index (χ4v) is 4.39. The molecule has 2 amide bonds. The van der Waals surface area contributed by atoms with E-state index in [1.165, 1.54) is 5.69 Å². The molecule has 0 unspecified atom stereocenters. The number of hydrogen-bond acceptors (Lipinski definition) is 5. The molecular weight excluding hydrogens is 416 g/mol. The molecule has 0 aliphatic carbocycles. The fourth-order valence-electron chi connectivity index (χ4n) is 4.39. The Morgan fingerprint density at radius 3 is 2.30 bits per heavy atom. The van der Waals surface area contributed by atoms with Gasteiger partial charge in [-0.3, -0.25) is 4.90 Å². The molecule has 0 radical (unpaired) electrons. The molecule has 7 nitrogen and oxygen atoms in total. The Labute approximate surface area is 193 Å². The zero-order valence-corrected chi connectivity index (χ0v) is 18.4. The number of carbonyl (C=O) groups is 1. The highest BCUT2D eigenvalue weighted by Gasteiger charge is 2.27. The zero-order valence-electron chi connectivity index (χ0n) is 18.4. The number of fused-ring (bicyclic) bond motifs is 1. The molecule has 0 spiro atoms. The maximum atomic E-state index is 12.6. The van der Waals surface area contributed by atoms with Gasteiger partial charge in [-0.05, 0) is 42.0 Å². The summed E-state index contributed by atoms with van der Waals surface area (Å²) in [7, 11) is 0. The summed E-state index contributed by atoms with van der Waals surface area (Å²) in [5.74, 6) is 1.52. The van der Waals surface area contributed by atoms with E-state index in [1.54, 1.807) is 0 Å². The van der Waals surface area contributed by atoms with Crippen LogP contribution in [0.25, 0.3) is 0 Å². The van der Waals surface area contributed by atoms with Crippen molar-refractivity contribution in [1.29, 1.82) is 0 Å². The lowest BCUT2D eigenvalue weighted by Gasteiger charge is -2.40. The number of carbonyl (C=O) groups excluding carboxylic acids is 1. The van der Waals surface area contributed by atoms with Crippen molar-refractivity contribution in [2.45, 2.75) is 6.04 Å². The number of urea groups is 1. The van der Waals surface area contributed by atoms with Crippen molar-refractivity contribution in [3.05, 3.63) is 84.4 Å². The summed E-state index contributed by atoms with van der Waals surface area (Å²) in [6, 6.07) is 25.8. The Morgan fingerprint density at radius 2 is 1.55 bits per heavy atom. The molecule has 5 rings (SSSR count). The van der Waals surface area contributed by atoms with Gasteiger partial charge in [0.1, 0.15) is 0 Å². The first-order valence-corrected chi connectivity index (χ1v) is 11.3. The predicted molar refractivity (Wildman–Crippen MR) is 129 cm³/mol. The van der Waals surface area contributed by atoms with Gasteiger partial charge in [0.25, 0.3) is 0 Å². The minimum atomic E-state index is -0.213. The Hall–Kier alpha value is -3.71. The summed E-state index contributed by atoms with van der Waals surface area (Å²) in [5.41, 5.74) is 3.12. The van der Waals surface area contributed by atoms with Gasteiger partial charge in [0, 0.05) is 44.1 Å². The third-order valence-electron chi connectivity index (χ3n) is 6.15. The number of piperazine rings is 1. The van der Waals surface area contributed by atoms with Crippen molar-refractivity contribution < 1.29 is 14.3 Å². The molecule has 2 heterocycles. The third kappa shape index (κ3) is 5.04. The maximum Gasteiger partial charge on any atom is 0.319 e. The zero-order chi connectivity index (χ0) is 22.5. The average Bonchev–Trinajstić information content (AvgIpc) is 3.34. The number of nitrogens with zero attached hydrogens (tertiary/aromatic N) is 2. The molecule has 33 heavy (non-hydrogen) atoms. The number of amides is 2. The van der Waals surface area contributed by atoms with Crippen molar-refractivity contribution in [1.82, 2.24) is 10.2 Å². The molecule has 1 atom stereocenters. The third-order valence-corrected chi connectivity index (χ3v) is 6.15. The molecule has 2 aliphatic rings. The normalized spacial score (nSPS) is 16.3. The molecule has 2 N–H and O–H groups in total. The van der Waals surface area contributed by atoms with Crippen LogP contribution in [0.4, 0.5) is 16.2 Å². The van der Waals surface area contributed by atoms with E-state index in [-0.39, 0.29) is 18.9 Å². The standard InChI is InChI=1S/C26H28N4O3/c31-26(28-21-7-3-1-4-8-21)27-18-23(20-11-12-24-25(17-20)33-19-32-24)30-15-13-29(14-16-30)22-9-5-2-6-10-22/h1-12,17,23H,13-16,18-19H2,(H2,27,28,31)/t23-/m1/s1. The van der Waals surface area contributed by atoms with Crippen LogP contribution in [0.5, 0.6) is 11.5 Å². The van der Waals surface area contributed by atoms with Crippen LogP contribution >= 0.6 is 0 Å². The first-order chi connectivity index (χ1) is 16.3. The van der Waals surface area contributed by atoms with E-state index in [9.17, 15) is 4.79 Å². The summed E-state index contributed by atoms with van der Waals surface area (Å²) in [4.78, 5) is 17.4. The van der Waals surface area contributed by atoms with E-state index in [0.717, 1.165) is 48.9 Å². The number of ether oxygens (including phenoxy) is 2. The molecular formula is C26H28N4O3. The smallest absolute Gasteiger partial charge is 0.319 e. The average molecular weight is 445 g/mol. The highest BCUT2D eigenvalue weighted by Crippen LogP contribution is 2.35. The Kier molecular flexibility index (Phi) is 6.30. The first-order valence-electron chi connectivity index (χ1n) is 11.3. The molecule has 2 aliphatic heterocycles. The second-order valence-corrected chi connectivity index (χ2v) is 8.19. The van der Waals surface area contributed by atoms with Crippen LogP contribution in [0.1, 0.15) is 11.6 Å². The van der Waals surface area contributed by atoms with Gasteiger partial charge in [-0.25, -0.2) is 4.79 Å². The number of benzene rings is 3. The van der Waals surface area contributed by atoms with Crippen molar-refractivity contribution >= 4 is 17.4 Å². The second kappa shape index (κ2) is 9.83. The van der Waals surface area contributed by atoms with E-state index < -0.39 is 0 Å². The Balaban J connectivity index is 1.28. The van der Waals surface area contributed by atoms with Gasteiger partial charge < -0.3 is 25.0 Å². The Bertz CT molecular complexity index is 1070. The fraction of sp³-hybridized carbons (Fsp3) is 0.269. The van der Waals surface area contributed by atoms with Crippen molar-refractivity contribution in [3.63, 3.8) is 0 Å². The number of anilines is 2. The summed E-state index contributed by atoms with van der Waals surface area (Å²) < 4.78 is 11.1. The highest BCUT2D eigenvalue weighted by atomic mass is 16.7. The number of rotatable bonds is 6. The quantitative estimate of drug-likeness (QED) is 0.599. The van der Waals surface area contributed by atoms with Crippen LogP contribution in [0, 0.1) is 0 Å². The molecule has 3 aromatic carbocycles. The molecule has 0 bridgehead atoms. The molecule has 7 heteroatoms. The SMILES string of the molecule is O=C(NC[C@H](c1ccc2c(c1)OCO2)N1CCN(c2ccccc2)CC1)Nc1ccccc1. The van der Waals surface area contributed by atoms with Gasteiger partial charge in [-0.2, -0.15) is 0 Å². The summed E-state index contributed by atoms with van der Waals surface area (Å²) in [6.07, 6.45) is 0.